The van der Waals surface area contributed by atoms with E-state index in [1.54, 1.807) is 12.4 Å². The third kappa shape index (κ3) is 9.31. The molecular formula is C12H23NO7. The van der Waals surface area contributed by atoms with Crippen LogP contribution in [-0.2, 0) is 14.4 Å². The van der Waals surface area contributed by atoms with Gasteiger partial charge in [0.25, 0.3) is 0 Å². The fraction of sp³-hybridized carbons (Fsp3) is 0.667. The van der Waals surface area contributed by atoms with E-state index in [-0.39, 0.29) is 26.4 Å². The smallest absolute Gasteiger partial charge is 0.440 e. The molecule has 0 saturated heterocycles. The maximum atomic E-state index is 10.4. The third-order valence-corrected chi connectivity index (χ3v) is 2.43. The van der Waals surface area contributed by atoms with Gasteiger partial charge >= 0.3 is 12.1 Å². The lowest BCUT2D eigenvalue weighted by atomic mass is 9.88. The first-order valence-electron chi connectivity index (χ1n) is 6.03. The summed E-state index contributed by atoms with van der Waals surface area (Å²) in [5.74, 6) is -0.738. The molecule has 0 spiro atoms. The van der Waals surface area contributed by atoms with E-state index in [0.29, 0.717) is 6.42 Å². The number of rotatable bonds is 6. The molecule has 8 nitrogen and oxygen atoms in total. The van der Waals surface area contributed by atoms with E-state index in [4.69, 9.17) is 15.3 Å². The summed E-state index contributed by atoms with van der Waals surface area (Å²) in [6.07, 6.45) is 0.714. The highest BCUT2D eigenvalue weighted by Crippen LogP contribution is 2.18. The van der Waals surface area contributed by atoms with Crippen molar-refractivity contribution in [2.45, 2.75) is 20.3 Å². The molecule has 0 heterocycles. The first kappa shape index (κ1) is 20.7. The summed E-state index contributed by atoms with van der Waals surface area (Å²) in [6, 6.07) is 0. The normalized spacial score (nSPS) is 9.85. The average Bonchev–Trinajstić information content (AvgIpc) is 2.48. The highest BCUT2D eigenvalue weighted by atomic mass is 16.7. The van der Waals surface area contributed by atoms with Gasteiger partial charge in [-0.05, 0) is 13.3 Å². The van der Waals surface area contributed by atoms with E-state index < -0.39 is 17.5 Å². The number of hydrogen-bond donors (Lipinski definition) is 4. The Balaban J connectivity index is 0. The molecule has 0 atom stereocenters. The number of ether oxygens (including phenoxy) is 1. The van der Waals surface area contributed by atoms with Crippen LogP contribution >= 0.6 is 0 Å². The van der Waals surface area contributed by atoms with Gasteiger partial charge < -0.3 is 24.9 Å². The zero-order valence-corrected chi connectivity index (χ0v) is 11.8. The van der Waals surface area contributed by atoms with Crippen molar-refractivity contribution in [2.24, 2.45) is 5.41 Å². The number of amides is 1. The molecule has 0 aromatic heterocycles. The summed E-state index contributed by atoms with van der Waals surface area (Å²) in [4.78, 5) is 24.9. The van der Waals surface area contributed by atoms with Crippen molar-refractivity contribution >= 4 is 12.1 Å². The van der Waals surface area contributed by atoms with Gasteiger partial charge in [0.15, 0.2) is 0 Å². The van der Waals surface area contributed by atoms with E-state index in [1.165, 1.54) is 0 Å². The number of carbonyl (C=O) groups excluding carboxylic acids is 2. The minimum absolute atomic E-state index is 0.156. The van der Waals surface area contributed by atoms with Crippen molar-refractivity contribution < 1.29 is 34.5 Å². The number of nitrogens with one attached hydrogen (secondary N) is 1. The minimum atomic E-state index is -0.803. The quantitative estimate of drug-likeness (QED) is 0.392. The number of carbonyl (C=O) groups is 2. The van der Waals surface area contributed by atoms with Gasteiger partial charge in [-0.15, -0.1) is 5.48 Å². The fourth-order valence-electron chi connectivity index (χ4n) is 0.780. The summed E-state index contributed by atoms with van der Waals surface area (Å²) in [7, 11) is 0. The van der Waals surface area contributed by atoms with Crippen LogP contribution in [0.2, 0.25) is 0 Å². The Morgan fingerprint density at radius 1 is 1.20 bits per heavy atom. The van der Waals surface area contributed by atoms with E-state index >= 15 is 0 Å². The molecule has 4 N–H and O–H groups in total. The predicted octanol–water partition coefficient (Wildman–Crippen LogP) is -0.264. The molecule has 0 radical (unpaired) electrons. The lowest BCUT2D eigenvalue weighted by Crippen LogP contribution is -2.32. The monoisotopic (exact) mass is 293 g/mol. The van der Waals surface area contributed by atoms with Crippen molar-refractivity contribution in [3.05, 3.63) is 12.7 Å². The van der Waals surface area contributed by atoms with Crippen LogP contribution in [0, 0.1) is 5.41 Å². The number of aliphatic hydroxyl groups is 3. The second-order valence-corrected chi connectivity index (χ2v) is 3.78. The van der Waals surface area contributed by atoms with Crippen molar-refractivity contribution in [3.63, 3.8) is 0 Å². The van der Waals surface area contributed by atoms with Gasteiger partial charge in [-0.3, -0.25) is 0 Å². The molecule has 0 aliphatic heterocycles. The number of hydrogen-bond acceptors (Lipinski definition) is 7. The van der Waals surface area contributed by atoms with Crippen LogP contribution in [0.4, 0.5) is 4.79 Å². The van der Waals surface area contributed by atoms with Gasteiger partial charge in [0.05, 0.1) is 26.4 Å². The van der Waals surface area contributed by atoms with Crippen molar-refractivity contribution in [1.82, 2.24) is 5.48 Å². The maximum Gasteiger partial charge on any atom is 0.440 e. The Bertz CT molecular complexity index is 272. The molecule has 0 rings (SSSR count). The highest BCUT2D eigenvalue weighted by molar-refractivity contribution is 5.82. The second-order valence-electron chi connectivity index (χ2n) is 3.78. The number of aliphatic hydroxyl groups excluding tert-OH is 3. The van der Waals surface area contributed by atoms with Gasteiger partial charge in [0.1, 0.15) is 0 Å². The molecule has 0 aliphatic rings. The molecule has 0 aromatic rings. The Morgan fingerprint density at radius 3 is 1.95 bits per heavy atom. The number of hydroxylamine groups is 1. The van der Waals surface area contributed by atoms with Crippen LogP contribution in [0.15, 0.2) is 12.7 Å². The van der Waals surface area contributed by atoms with Crippen LogP contribution in [-0.4, -0.2) is 53.8 Å². The Kier molecular flexibility index (Phi) is 12.8. The van der Waals surface area contributed by atoms with Gasteiger partial charge in [0.2, 0.25) is 0 Å². The molecule has 1 amide bonds. The van der Waals surface area contributed by atoms with Crippen LogP contribution < -0.4 is 5.48 Å². The van der Waals surface area contributed by atoms with Gasteiger partial charge in [-0.2, -0.15) is 0 Å². The summed E-state index contributed by atoms with van der Waals surface area (Å²) >= 11 is 0. The zero-order chi connectivity index (χ0) is 16.0. The third-order valence-electron chi connectivity index (χ3n) is 2.43. The first-order chi connectivity index (χ1) is 9.44. The minimum Gasteiger partial charge on any atom is -0.448 e. The fourth-order valence-corrected chi connectivity index (χ4v) is 0.780. The zero-order valence-electron chi connectivity index (χ0n) is 11.8. The molecule has 0 bridgehead atoms. The standard InChI is InChI=1S/C6H9NO4.C6H14O3/c1-3-5(8)11-7-6(9)10-4-2;1-2-6(3-7,4-8)5-9/h3H,1,4H2,2H3,(H,7,9);7-9H,2-5H2,1H3. The maximum absolute atomic E-state index is 10.4. The topological polar surface area (TPSA) is 125 Å². The van der Waals surface area contributed by atoms with E-state index in [0.717, 1.165) is 6.08 Å². The Labute approximate surface area is 118 Å². The van der Waals surface area contributed by atoms with Crippen LogP contribution in [0.5, 0.6) is 0 Å². The van der Waals surface area contributed by atoms with Crippen molar-refractivity contribution in [1.29, 1.82) is 0 Å². The van der Waals surface area contributed by atoms with Crippen LogP contribution in [0.1, 0.15) is 20.3 Å². The molecule has 0 aromatic carbocycles. The van der Waals surface area contributed by atoms with E-state index in [1.807, 2.05) is 6.92 Å². The predicted molar refractivity (Wildman–Crippen MR) is 70.4 cm³/mol. The lowest BCUT2D eigenvalue weighted by molar-refractivity contribution is -0.143. The summed E-state index contributed by atoms with van der Waals surface area (Å²) < 4.78 is 4.38. The summed E-state index contributed by atoms with van der Waals surface area (Å²) in [5, 5.41) is 26.0. The Hall–Kier alpha value is -1.64. The molecule has 0 saturated carbocycles. The van der Waals surface area contributed by atoms with Crippen molar-refractivity contribution in [3.8, 4) is 0 Å². The van der Waals surface area contributed by atoms with Crippen LogP contribution in [0.25, 0.3) is 0 Å². The second kappa shape index (κ2) is 12.4. The first-order valence-corrected chi connectivity index (χ1v) is 6.03. The molecule has 0 fully saturated rings. The largest absolute Gasteiger partial charge is 0.448 e. The van der Waals surface area contributed by atoms with E-state index in [9.17, 15) is 9.59 Å². The SMILES string of the molecule is C=CC(=O)ONC(=O)OCC.CCC(CO)(CO)CO. The Morgan fingerprint density at radius 2 is 1.70 bits per heavy atom. The highest BCUT2D eigenvalue weighted by Gasteiger charge is 2.24. The lowest BCUT2D eigenvalue weighted by Gasteiger charge is -2.24. The average molecular weight is 293 g/mol. The molecule has 0 unspecified atom stereocenters. The summed E-state index contributed by atoms with van der Waals surface area (Å²) in [6.45, 7) is 6.32. The molecular weight excluding hydrogens is 270 g/mol. The van der Waals surface area contributed by atoms with Crippen LogP contribution in [0.3, 0.4) is 0 Å². The van der Waals surface area contributed by atoms with Gasteiger partial charge in [-0.1, -0.05) is 13.5 Å². The molecule has 0 aliphatic carbocycles. The molecule has 8 heteroatoms. The molecule has 118 valence electrons. The molecule has 20 heavy (non-hydrogen) atoms. The van der Waals surface area contributed by atoms with E-state index in [2.05, 4.69) is 16.2 Å². The van der Waals surface area contributed by atoms with Gasteiger partial charge in [0, 0.05) is 11.5 Å². The van der Waals surface area contributed by atoms with Crippen molar-refractivity contribution in [2.75, 3.05) is 26.4 Å². The van der Waals surface area contributed by atoms with Gasteiger partial charge in [-0.25, -0.2) is 9.59 Å². The summed E-state index contributed by atoms with van der Waals surface area (Å²) in [5.41, 5.74) is 1.09.